The Morgan fingerprint density at radius 1 is 1.03 bits per heavy atom. The summed E-state index contributed by atoms with van der Waals surface area (Å²) in [5, 5.41) is 2.15. The third-order valence-corrected chi connectivity index (χ3v) is 7.46. The maximum Gasteiger partial charge on any atom is 0.257 e. The first-order chi connectivity index (χ1) is 15.4. The van der Waals surface area contributed by atoms with Crippen LogP contribution in [0.5, 0.6) is 5.75 Å². The van der Waals surface area contributed by atoms with Gasteiger partial charge in [-0.25, -0.2) is 13.1 Å². The Hall–Kier alpha value is -2.90. The van der Waals surface area contributed by atoms with Crippen molar-refractivity contribution in [1.29, 1.82) is 0 Å². The number of nitrogens with one attached hydrogen (secondary N) is 1. The van der Waals surface area contributed by atoms with Crippen LogP contribution in [0, 0.1) is 5.92 Å². The third-order valence-electron chi connectivity index (χ3n) is 6.06. The number of rotatable bonds is 6. The van der Waals surface area contributed by atoms with E-state index in [-0.39, 0.29) is 22.9 Å². The van der Waals surface area contributed by atoms with Crippen LogP contribution in [0.3, 0.4) is 0 Å². The van der Waals surface area contributed by atoms with E-state index in [1.807, 2.05) is 42.5 Å². The first-order valence-corrected chi connectivity index (χ1v) is 12.3. The molecule has 0 bridgehead atoms. The highest BCUT2D eigenvalue weighted by atomic mass is 32.2. The van der Waals surface area contributed by atoms with Crippen LogP contribution in [0.25, 0.3) is 10.8 Å². The van der Waals surface area contributed by atoms with Crippen molar-refractivity contribution in [3.05, 3.63) is 71.8 Å². The minimum absolute atomic E-state index is 0.0489. The van der Waals surface area contributed by atoms with E-state index >= 15 is 0 Å². The number of ether oxygens (including phenoxy) is 1. The van der Waals surface area contributed by atoms with Crippen molar-refractivity contribution >= 4 is 26.7 Å². The van der Waals surface area contributed by atoms with E-state index < -0.39 is 10.0 Å². The molecule has 3 aromatic rings. The molecule has 3 aromatic carbocycles. The minimum Gasteiger partial charge on any atom is -0.496 e. The van der Waals surface area contributed by atoms with E-state index in [9.17, 15) is 13.2 Å². The highest BCUT2D eigenvalue weighted by molar-refractivity contribution is 7.89. The van der Waals surface area contributed by atoms with Crippen molar-refractivity contribution in [3.8, 4) is 5.75 Å². The number of carbonyl (C=O) groups excluding carboxylic acids is 1. The van der Waals surface area contributed by atoms with E-state index in [0.717, 1.165) is 29.2 Å². The van der Waals surface area contributed by atoms with Crippen LogP contribution in [-0.4, -0.2) is 39.4 Å². The quantitative estimate of drug-likeness (QED) is 0.608. The Labute approximate surface area is 189 Å². The number of benzene rings is 3. The summed E-state index contributed by atoms with van der Waals surface area (Å²) in [6.07, 6.45) is 1.89. The summed E-state index contributed by atoms with van der Waals surface area (Å²) >= 11 is 0. The number of nitrogens with zero attached hydrogens (tertiary/aromatic N) is 1. The molecule has 0 radical (unpaired) electrons. The predicted octanol–water partition coefficient (Wildman–Crippen LogP) is 4.20. The minimum atomic E-state index is -3.81. The second-order valence-electron chi connectivity index (χ2n) is 8.34. The smallest absolute Gasteiger partial charge is 0.257 e. The van der Waals surface area contributed by atoms with Crippen LogP contribution >= 0.6 is 0 Å². The molecule has 168 valence electrons. The van der Waals surface area contributed by atoms with Crippen molar-refractivity contribution < 1.29 is 17.9 Å². The van der Waals surface area contributed by atoms with Gasteiger partial charge in [-0.3, -0.25) is 4.79 Å². The lowest BCUT2D eigenvalue weighted by atomic mass is 9.98. The van der Waals surface area contributed by atoms with Gasteiger partial charge in [0.25, 0.3) is 5.91 Å². The zero-order chi connectivity index (χ0) is 22.7. The molecule has 1 amide bonds. The maximum absolute atomic E-state index is 13.1. The Balaban J connectivity index is 1.54. The predicted molar refractivity (Wildman–Crippen MR) is 125 cm³/mol. The van der Waals surface area contributed by atoms with Crippen molar-refractivity contribution in [1.82, 2.24) is 9.62 Å². The zero-order valence-electron chi connectivity index (χ0n) is 18.4. The molecule has 0 unspecified atom stereocenters. The average molecular weight is 453 g/mol. The van der Waals surface area contributed by atoms with Gasteiger partial charge < -0.3 is 9.64 Å². The molecule has 6 nitrogen and oxygen atoms in total. The lowest BCUT2D eigenvalue weighted by Crippen LogP contribution is -2.38. The number of sulfonamides is 1. The van der Waals surface area contributed by atoms with Gasteiger partial charge in [-0.1, -0.05) is 43.3 Å². The van der Waals surface area contributed by atoms with Gasteiger partial charge in [0.1, 0.15) is 5.75 Å². The largest absolute Gasteiger partial charge is 0.496 e. The van der Waals surface area contributed by atoms with Gasteiger partial charge in [-0.15, -0.1) is 0 Å². The number of piperidine rings is 1. The first-order valence-electron chi connectivity index (χ1n) is 10.8. The Morgan fingerprint density at radius 3 is 2.47 bits per heavy atom. The van der Waals surface area contributed by atoms with Crippen molar-refractivity contribution in [2.24, 2.45) is 5.92 Å². The summed E-state index contributed by atoms with van der Waals surface area (Å²) in [4.78, 5) is 14.9. The van der Waals surface area contributed by atoms with Crippen LogP contribution < -0.4 is 9.46 Å². The highest BCUT2D eigenvalue weighted by Gasteiger charge is 2.26. The molecule has 1 heterocycles. The van der Waals surface area contributed by atoms with Gasteiger partial charge in [0.2, 0.25) is 10.0 Å². The van der Waals surface area contributed by atoms with Crippen molar-refractivity contribution in [2.75, 3.05) is 20.2 Å². The number of fused-ring (bicyclic) bond motifs is 1. The molecule has 7 heteroatoms. The zero-order valence-corrected chi connectivity index (χ0v) is 19.2. The Morgan fingerprint density at radius 2 is 1.75 bits per heavy atom. The average Bonchev–Trinajstić information content (AvgIpc) is 2.82. The lowest BCUT2D eigenvalue weighted by Gasteiger charge is -2.30. The molecule has 1 aliphatic heterocycles. The summed E-state index contributed by atoms with van der Waals surface area (Å²) in [5.74, 6) is 0.773. The molecule has 32 heavy (non-hydrogen) atoms. The number of carbonyl (C=O) groups is 1. The molecule has 1 fully saturated rings. The molecular formula is C25H28N2O4S. The fraction of sp³-hybridized carbons (Fsp3) is 0.320. The van der Waals surface area contributed by atoms with Gasteiger partial charge in [0.15, 0.2) is 0 Å². The summed E-state index contributed by atoms with van der Waals surface area (Å²) in [6, 6.07) is 18.2. The van der Waals surface area contributed by atoms with Gasteiger partial charge in [-0.05, 0) is 59.4 Å². The number of hydrogen-bond donors (Lipinski definition) is 1. The van der Waals surface area contributed by atoms with E-state index in [2.05, 4.69) is 11.6 Å². The Kier molecular flexibility index (Phi) is 6.48. The fourth-order valence-electron chi connectivity index (χ4n) is 4.01. The van der Waals surface area contributed by atoms with Crippen LogP contribution in [0.15, 0.2) is 65.6 Å². The van der Waals surface area contributed by atoms with Crippen LogP contribution in [0.4, 0.5) is 0 Å². The number of amides is 1. The summed E-state index contributed by atoms with van der Waals surface area (Å²) in [6.45, 7) is 3.67. The second-order valence-corrected chi connectivity index (χ2v) is 10.1. The van der Waals surface area contributed by atoms with Crippen molar-refractivity contribution in [3.63, 3.8) is 0 Å². The van der Waals surface area contributed by atoms with E-state index in [4.69, 9.17) is 4.74 Å². The monoisotopic (exact) mass is 452 g/mol. The normalized spacial score (nSPS) is 15.1. The number of hydrogen-bond acceptors (Lipinski definition) is 4. The number of methoxy groups -OCH3 is 1. The highest BCUT2D eigenvalue weighted by Crippen LogP contribution is 2.26. The molecule has 0 saturated carbocycles. The Bertz CT molecular complexity index is 1230. The summed E-state index contributed by atoms with van der Waals surface area (Å²) in [5.41, 5.74) is 1.13. The van der Waals surface area contributed by atoms with Gasteiger partial charge in [0.05, 0.1) is 17.6 Å². The molecule has 1 saturated heterocycles. The summed E-state index contributed by atoms with van der Waals surface area (Å²) in [7, 11) is -2.33. The second kappa shape index (κ2) is 9.30. The molecule has 1 N–H and O–H groups in total. The number of likely N-dealkylation sites (tertiary alicyclic amines) is 1. The third kappa shape index (κ3) is 4.79. The molecule has 0 atom stereocenters. The van der Waals surface area contributed by atoms with Gasteiger partial charge in [-0.2, -0.15) is 0 Å². The van der Waals surface area contributed by atoms with Crippen LogP contribution in [0.2, 0.25) is 0 Å². The molecule has 0 spiro atoms. The molecule has 0 aliphatic carbocycles. The maximum atomic E-state index is 13.1. The van der Waals surface area contributed by atoms with E-state index in [0.29, 0.717) is 24.8 Å². The first kappa shape index (κ1) is 22.3. The van der Waals surface area contributed by atoms with Crippen LogP contribution in [-0.2, 0) is 16.6 Å². The molecule has 4 rings (SSSR count). The standard InChI is InChI=1S/C25H28N2O4S/c1-18-11-13-27(14-12-18)25(28)23-16-22(9-10-24(23)31-2)32(29,30)26-17-19-7-8-20-5-3-4-6-21(20)15-19/h3-10,15-16,18,26H,11-14,17H2,1-2H3. The molecule has 0 aromatic heterocycles. The topological polar surface area (TPSA) is 75.7 Å². The van der Waals surface area contributed by atoms with Gasteiger partial charge >= 0.3 is 0 Å². The van der Waals surface area contributed by atoms with Gasteiger partial charge in [0, 0.05) is 19.6 Å². The fourth-order valence-corrected chi connectivity index (χ4v) is 5.06. The lowest BCUT2D eigenvalue weighted by molar-refractivity contribution is 0.0693. The van der Waals surface area contributed by atoms with Crippen molar-refractivity contribution in [2.45, 2.75) is 31.2 Å². The molecular weight excluding hydrogens is 424 g/mol. The SMILES string of the molecule is COc1ccc(S(=O)(=O)NCc2ccc3ccccc3c2)cc1C(=O)N1CCC(C)CC1. The molecule has 1 aliphatic rings. The van der Waals surface area contributed by atoms with E-state index in [1.165, 1.54) is 19.2 Å². The van der Waals surface area contributed by atoms with Crippen LogP contribution in [0.1, 0.15) is 35.7 Å². The summed E-state index contributed by atoms with van der Waals surface area (Å²) < 4.78 is 34.0. The van der Waals surface area contributed by atoms with E-state index in [1.54, 1.807) is 11.0 Å².